The molecular weight excluding hydrogens is 289 g/mol. The van der Waals surface area contributed by atoms with Gasteiger partial charge in [-0.3, -0.25) is 0 Å². The fourth-order valence-electron chi connectivity index (χ4n) is 0. The molecule has 0 spiro atoms. The maximum absolute atomic E-state index is 8.38. The first kappa shape index (κ1) is 29.7. The predicted molar refractivity (Wildman–Crippen MR) is 18.0 cm³/mol. The molecule has 0 saturated heterocycles. The molecule has 0 rings (SSSR count). The Hall–Kier alpha value is 3.97. The molecule has 0 bridgehead atoms. The van der Waals surface area contributed by atoms with Crippen molar-refractivity contribution in [1.82, 2.24) is 0 Å². The number of hydrogen-bond donors (Lipinski definition) is 0. The van der Waals surface area contributed by atoms with E-state index in [9.17, 15) is 0 Å². The minimum absolute atomic E-state index is 0. The van der Waals surface area contributed by atoms with E-state index in [1.165, 1.54) is 0 Å². The van der Waals surface area contributed by atoms with Crippen molar-refractivity contribution in [2.24, 2.45) is 0 Å². The molecule has 0 saturated carbocycles. The zero-order valence-electron chi connectivity index (χ0n) is 8.35. The third-order valence-electron chi connectivity index (χ3n) is 0. The Kier molecular flexibility index (Phi) is 256. The molecule has 0 aliphatic rings. The maximum atomic E-state index is 8.38. The van der Waals surface area contributed by atoms with Gasteiger partial charge in [-0.05, 0) is 0 Å². The van der Waals surface area contributed by atoms with Gasteiger partial charge in [-0.1, -0.05) is 0 Å². The Balaban J connectivity index is -0.00000000129. The van der Waals surface area contributed by atoms with Gasteiger partial charge < -0.3 is 5.71 Å². The van der Waals surface area contributed by atoms with Gasteiger partial charge in [0.1, 0.15) is 0 Å². The van der Waals surface area contributed by atoms with E-state index < -0.39 is 0 Å². The van der Waals surface area contributed by atoms with Crippen LogP contribution < -0.4 is 0 Å². The van der Waals surface area contributed by atoms with Crippen molar-refractivity contribution in [3.8, 4) is 0 Å². The van der Waals surface area contributed by atoms with Gasteiger partial charge in [-0.15, -0.1) is 0 Å². The van der Waals surface area contributed by atoms with Gasteiger partial charge in [0, 0.05) is 0 Å². The minimum atomic E-state index is 0. The molecule has 0 fully saturated rings. The molecule has 0 atom stereocenters. The van der Waals surface area contributed by atoms with Crippen molar-refractivity contribution < 1.29 is 75.0 Å². The summed E-state index contributed by atoms with van der Waals surface area (Å²) in [4.78, 5) is 0. The van der Waals surface area contributed by atoms with Crippen LogP contribution in [-0.4, -0.2) is 75.5 Å². The van der Waals surface area contributed by atoms with E-state index >= 15 is 0 Å². The Morgan fingerprint density at radius 3 is 0.875 bits per heavy atom. The van der Waals surface area contributed by atoms with Crippen LogP contribution in [-0.2, 0) is 69.3 Å². The van der Waals surface area contributed by atoms with E-state index in [1.807, 2.05) is 0 Å². The summed E-state index contributed by atoms with van der Waals surface area (Å²) in [6, 6.07) is 0. The van der Waals surface area contributed by atoms with Crippen LogP contribution in [0, 0.1) is 0 Å². The SMILES string of the molecule is [Ca+2].[Ca+2].[H-].[H-].[H-].[H-].[O]=[Ti].[O]=[Ti].[O]=[Zn]. The second kappa shape index (κ2) is 69.2. The van der Waals surface area contributed by atoms with Crippen molar-refractivity contribution >= 4 is 75.5 Å². The van der Waals surface area contributed by atoms with Crippen LogP contribution in [0.1, 0.15) is 5.71 Å². The van der Waals surface area contributed by atoms with Crippen LogP contribution in [0.15, 0.2) is 0 Å². The standard InChI is InChI=1S/2Ca.3O.2Ti.Zn.4H/q2*+2;;;;;;;4*-1. The molecule has 8 heteroatoms. The molecule has 3 nitrogen and oxygen atoms in total. The van der Waals surface area contributed by atoms with E-state index in [4.69, 9.17) is 10.2 Å². The summed E-state index contributed by atoms with van der Waals surface area (Å²) in [7, 11) is 0. The number of hydrogen-bond acceptors (Lipinski definition) is 3. The first-order chi connectivity index (χ1) is 3.00. The van der Waals surface area contributed by atoms with Crippen LogP contribution >= 0.6 is 0 Å². The van der Waals surface area contributed by atoms with E-state index in [2.05, 4.69) is 0 Å². The van der Waals surface area contributed by atoms with E-state index in [0.29, 0.717) is 0 Å². The molecule has 0 radical (unpaired) electrons. The molecule has 0 heterocycles. The summed E-state index contributed by atoms with van der Waals surface area (Å²) in [5.74, 6) is 0. The van der Waals surface area contributed by atoms with Crippen LogP contribution in [0.2, 0.25) is 0 Å². The predicted octanol–water partition coefficient (Wildman–Crippen LogP) is -0.675. The molecule has 0 aromatic heterocycles. The third-order valence-corrected chi connectivity index (χ3v) is 0. The molecule has 0 aliphatic heterocycles. The van der Waals surface area contributed by atoms with Crippen molar-refractivity contribution in [2.45, 2.75) is 0 Å². The molecule has 36 valence electrons. The topological polar surface area (TPSA) is 51.2 Å². The molecule has 8 heavy (non-hydrogen) atoms. The van der Waals surface area contributed by atoms with Crippen LogP contribution in [0.5, 0.6) is 0 Å². The molecule has 0 aliphatic carbocycles. The summed E-state index contributed by atoms with van der Waals surface area (Å²) in [5.41, 5.74) is 0. The summed E-state index contributed by atoms with van der Waals surface area (Å²) in [6.45, 7) is 0. The molecule has 0 aromatic carbocycles. The van der Waals surface area contributed by atoms with Gasteiger partial charge in [-0.25, -0.2) is 0 Å². The summed E-state index contributed by atoms with van der Waals surface area (Å²) >= 11 is 1.62. The third kappa shape index (κ3) is 50.9. The zero-order chi connectivity index (χ0) is 6.00. The average Bonchev–Trinajstić information content (AvgIpc) is 1.81. The van der Waals surface area contributed by atoms with Gasteiger partial charge in [0.05, 0.1) is 0 Å². The van der Waals surface area contributed by atoms with Crippen LogP contribution in [0.4, 0.5) is 0 Å². The molecule has 0 aromatic rings. The van der Waals surface area contributed by atoms with Gasteiger partial charge in [0.15, 0.2) is 0 Å². The Labute approximate surface area is 147 Å². The molecule has 0 amide bonds. The first-order valence-electron chi connectivity index (χ1n) is 0.697. The van der Waals surface area contributed by atoms with Gasteiger partial charge in [-0.2, -0.15) is 0 Å². The van der Waals surface area contributed by atoms with Crippen LogP contribution in [0.25, 0.3) is 0 Å². The normalized spacial score (nSPS) is 1.50. The van der Waals surface area contributed by atoms with E-state index in [-0.39, 0.29) is 99.4 Å². The van der Waals surface area contributed by atoms with Crippen LogP contribution in [0.3, 0.4) is 0 Å². The average molecular weight is 293 g/mol. The van der Waals surface area contributed by atoms with Gasteiger partial charge in [0.25, 0.3) is 0 Å². The fourth-order valence-corrected chi connectivity index (χ4v) is 0. The van der Waals surface area contributed by atoms with Gasteiger partial charge in [0.2, 0.25) is 0 Å². The second-order valence-electron chi connectivity index (χ2n) is 0. The molecule has 0 unspecified atom stereocenters. The monoisotopic (exact) mass is 292 g/mol. The summed E-state index contributed by atoms with van der Waals surface area (Å²) in [5, 5.41) is 0. The van der Waals surface area contributed by atoms with Crippen molar-refractivity contribution in [3.63, 3.8) is 0 Å². The van der Waals surface area contributed by atoms with E-state index in [1.54, 1.807) is 0 Å². The quantitative estimate of drug-likeness (QED) is 0.556. The Bertz CT molecular complexity index is 31.0. The Morgan fingerprint density at radius 1 is 0.875 bits per heavy atom. The second-order valence-corrected chi connectivity index (χ2v) is 0. The van der Waals surface area contributed by atoms with Crippen molar-refractivity contribution in [3.05, 3.63) is 0 Å². The zero-order valence-corrected chi connectivity index (χ0v) is 14.9. The summed E-state index contributed by atoms with van der Waals surface area (Å²) in [6.07, 6.45) is 0. The molecule has 0 N–H and O–H groups in total. The van der Waals surface area contributed by atoms with Crippen molar-refractivity contribution in [1.29, 1.82) is 0 Å². The number of rotatable bonds is 0. The van der Waals surface area contributed by atoms with Crippen molar-refractivity contribution in [2.75, 3.05) is 0 Å². The van der Waals surface area contributed by atoms with Gasteiger partial charge >= 0.3 is 145 Å². The first-order valence-corrected chi connectivity index (χ1v) is 3.18. The Morgan fingerprint density at radius 2 is 0.875 bits per heavy atom. The molecular formula is H4Ca2O3Ti2Zn. The van der Waals surface area contributed by atoms with E-state index in [0.717, 1.165) is 40.8 Å². The fraction of sp³-hybridized carbons (Fsp3) is 0. The summed E-state index contributed by atoms with van der Waals surface area (Å²) < 4.78 is 24.9.